The molecule has 2 amide bonds. The zero-order valence-corrected chi connectivity index (χ0v) is 17.3. The lowest BCUT2D eigenvalue weighted by molar-refractivity contribution is -0.119. The second kappa shape index (κ2) is 7.32. The van der Waals surface area contributed by atoms with Crippen LogP contribution in [0.1, 0.15) is 33.6 Å². The van der Waals surface area contributed by atoms with Gasteiger partial charge in [-0.15, -0.1) is 11.3 Å². The number of hydrogen-bond donors (Lipinski definition) is 1. The van der Waals surface area contributed by atoms with Crippen molar-refractivity contribution in [2.24, 2.45) is 5.92 Å². The molecule has 1 saturated carbocycles. The van der Waals surface area contributed by atoms with Gasteiger partial charge < -0.3 is 4.90 Å². The first-order valence-electron chi connectivity index (χ1n) is 9.98. The molecule has 0 unspecified atom stereocenters. The number of fused-ring (bicyclic) bond motifs is 1. The van der Waals surface area contributed by atoms with Crippen LogP contribution in [0.4, 0.5) is 15.2 Å². The standard InChI is InChI=1S/C23H20FN3O2S/c1-13-20(25-23(30-13)26-21(28)17-3-2-4-18(24)12-17)16-7-8-19-15(11-16)9-10-27(19)22(29)14-5-6-14/h2-4,7-8,11-12,14H,5-6,9-10H2,1H3,(H,25,26,28). The lowest BCUT2D eigenvalue weighted by Crippen LogP contribution is -2.30. The van der Waals surface area contributed by atoms with E-state index in [0.717, 1.165) is 53.2 Å². The number of halogens is 1. The van der Waals surface area contributed by atoms with Gasteiger partial charge in [0.25, 0.3) is 5.91 Å². The number of aryl methyl sites for hydroxylation is 1. The highest BCUT2D eigenvalue weighted by Crippen LogP contribution is 2.39. The number of rotatable bonds is 4. The predicted octanol–water partition coefficient (Wildman–Crippen LogP) is 4.81. The van der Waals surface area contributed by atoms with Gasteiger partial charge in [-0.05, 0) is 62.1 Å². The van der Waals surface area contributed by atoms with Gasteiger partial charge in [-0.3, -0.25) is 14.9 Å². The maximum absolute atomic E-state index is 13.4. The molecule has 1 aliphatic carbocycles. The third-order valence-corrected chi connectivity index (χ3v) is 6.43. The molecule has 0 spiro atoms. The van der Waals surface area contributed by atoms with Crippen molar-refractivity contribution in [1.82, 2.24) is 4.98 Å². The number of anilines is 2. The van der Waals surface area contributed by atoms with Crippen LogP contribution in [0.2, 0.25) is 0 Å². The summed E-state index contributed by atoms with van der Waals surface area (Å²) in [4.78, 5) is 32.4. The lowest BCUT2D eigenvalue weighted by atomic mass is 10.1. The maximum Gasteiger partial charge on any atom is 0.257 e. The molecule has 3 aromatic rings. The van der Waals surface area contributed by atoms with Gasteiger partial charge in [-0.2, -0.15) is 0 Å². The average Bonchev–Trinajstić information content (AvgIpc) is 3.40. The van der Waals surface area contributed by atoms with E-state index in [1.807, 2.05) is 24.0 Å². The van der Waals surface area contributed by atoms with Gasteiger partial charge in [0, 0.05) is 34.2 Å². The van der Waals surface area contributed by atoms with Crippen LogP contribution < -0.4 is 10.2 Å². The number of nitrogens with zero attached hydrogens (tertiary/aromatic N) is 2. The average molecular weight is 421 g/mol. The summed E-state index contributed by atoms with van der Waals surface area (Å²) in [6.45, 7) is 2.69. The van der Waals surface area contributed by atoms with Crippen LogP contribution in [-0.4, -0.2) is 23.3 Å². The van der Waals surface area contributed by atoms with E-state index in [2.05, 4.69) is 16.4 Å². The highest BCUT2D eigenvalue weighted by atomic mass is 32.1. The van der Waals surface area contributed by atoms with Crippen molar-refractivity contribution in [2.75, 3.05) is 16.8 Å². The molecule has 2 aromatic carbocycles. The molecule has 1 N–H and O–H groups in total. The van der Waals surface area contributed by atoms with Crippen molar-refractivity contribution >= 4 is 34.0 Å². The van der Waals surface area contributed by atoms with Crippen LogP contribution in [0, 0.1) is 18.7 Å². The number of hydrogen-bond acceptors (Lipinski definition) is 4. The fourth-order valence-corrected chi connectivity index (χ4v) is 4.68. The Morgan fingerprint density at radius 3 is 2.80 bits per heavy atom. The minimum Gasteiger partial charge on any atom is -0.312 e. The molecule has 30 heavy (non-hydrogen) atoms. The minimum absolute atomic E-state index is 0.209. The molecular weight excluding hydrogens is 401 g/mol. The Morgan fingerprint density at radius 1 is 1.20 bits per heavy atom. The molecular formula is C23H20FN3O2S. The Kier molecular flexibility index (Phi) is 4.62. The SMILES string of the molecule is Cc1sc(NC(=O)c2cccc(F)c2)nc1-c1ccc2c(c1)CCN2C(=O)C1CC1. The number of amides is 2. The van der Waals surface area contributed by atoms with Crippen LogP contribution >= 0.6 is 11.3 Å². The molecule has 2 heterocycles. The summed E-state index contributed by atoms with van der Waals surface area (Å²) in [7, 11) is 0. The predicted molar refractivity (Wildman–Crippen MR) is 115 cm³/mol. The molecule has 7 heteroatoms. The van der Waals surface area contributed by atoms with E-state index in [-0.39, 0.29) is 17.4 Å². The molecule has 5 nitrogen and oxygen atoms in total. The largest absolute Gasteiger partial charge is 0.312 e. The molecule has 1 fully saturated rings. The van der Waals surface area contributed by atoms with Gasteiger partial charge in [0.05, 0.1) is 5.69 Å². The van der Waals surface area contributed by atoms with E-state index >= 15 is 0 Å². The quantitative estimate of drug-likeness (QED) is 0.658. The Morgan fingerprint density at radius 2 is 2.03 bits per heavy atom. The maximum atomic E-state index is 13.4. The summed E-state index contributed by atoms with van der Waals surface area (Å²) in [6, 6.07) is 11.6. The van der Waals surface area contributed by atoms with Gasteiger partial charge >= 0.3 is 0 Å². The molecule has 0 bridgehead atoms. The van der Waals surface area contributed by atoms with E-state index < -0.39 is 11.7 Å². The van der Waals surface area contributed by atoms with Crippen molar-refractivity contribution in [3.8, 4) is 11.3 Å². The zero-order valence-electron chi connectivity index (χ0n) is 16.4. The van der Waals surface area contributed by atoms with Crippen molar-refractivity contribution in [3.05, 3.63) is 64.3 Å². The monoisotopic (exact) mass is 421 g/mol. The Hall–Kier alpha value is -3.06. The van der Waals surface area contributed by atoms with Gasteiger partial charge in [-0.1, -0.05) is 12.1 Å². The Balaban J connectivity index is 1.37. The molecule has 152 valence electrons. The summed E-state index contributed by atoms with van der Waals surface area (Å²) in [6.07, 6.45) is 2.85. The second-order valence-corrected chi connectivity index (χ2v) is 8.95. The van der Waals surface area contributed by atoms with Crippen LogP contribution in [0.3, 0.4) is 0 Å². The number of benzene rings is 2. The van der Waals surface area contributed by atoms with Gasteiger partial charge in [0.15, 0.2) is 5.13 Å². The number of carbonyl (C=O) groups is 2. The zero-order chi connectivity index (χ0) is 20.8. The molecule has 2 aliphatic rings. The topological polar surface area (TPSA) is 62.3 Å². The van der Waals surface area contributed by atoms with Gasteiger partial charge in [0.1, 0.15) is 5.82 Å². The van der Waals surface area contributed by atoms with E-state index in [1.165, 1.54) is 29.5 Å². The molecule has 0 radical (unpaired) electrons. The smallest absolute Gasteiger partial charge is 0.257 e. The first-order chi connectivity index (χ1) is 14.5. The van der Waals surface area contributed by atoms with Crippen LogP contribution in [0.25, 0.3) is 11.3 Å². The third kappa shape index (κ3) is 3.50. The van der Waals surface area contributed by atoms with E-state index in [1.54, 1.807) is 6.07 Å². The summed E-state index contributed by atoms with van der Waals surface area (Å²) in [5.41, 5.74) is 4.18. The highest BCUT2D eigenvalue weighted by molar-refractivity contribution is 7.16. The fraction of sp³-hybridized carbons (Fsp3) is 0.261. The van der Waals surface area contributed by atoms with Crippen molar-refractivity contribution in [3.63, 3.8) is 0 Å². The van der Waals surface area contributed by atoms with Crippen LogP contribution in [-0.2, 0) is 11.2 Å². The van der Waals surface area contributed by atoms with Crippen molar-refractivity contribution in [1.29, 1.82) is 0 Å². The fourth-order valence-electron chi connectivity index (χ4n) is 3.85. The van der Waals surface area contributed by atoms with Crippen LogP contribution in [0.15, 0.2) is 42.5 Å². The summed E-state index contributed by atoms with van der Waals surface area (Å²) in [5, 5.41) is 3.23. The number of carbonyl (C=O) groups excluding carboxylic acids is 2. The third-order valence-electron chi connectivity index (χ3n) is 5.54. The summed E-state index contributed by atoms with van der Waals surface area (Å²) < 4.78 is 13.4. The number of nitrogens with one attached hydrogen (secondary N) is 1. The van der Waals surface area contributed by atoms with Crippen LogP contribution in [0.5, 0.6) is 0 Å². The summed E-state index contributed by atoms with van der Waals surface area (Å²) in [5.74, 6) is -0.390. The van der Waals surface area contributed by atoms with E-state index in [4.69, 9.17) is 0 Å². The molecule has 1 aliphatic heterocycles. The molecule has 5 rings (SSSR count). The Labute approximate surface area is 177 Å². The first kappa shape index (κ1) is 18.9. The molecule has 0 saturated heterocycles. The lowest BCUT2D eigenvalue weighted by Gasteiger charge is -2.17. The minimum atomic E-state index is -0.453. The van der Waals surface area contributed by atoms with Gasteiger partial charge in [0.2, 0.25) is 5.91 Å². The van der Waals surface area contributed by atoms with E-state index in [9.17, 15) is 14.0 Å². The highest BCUT2D eigenvalue weighted by Gasteiger charge is 2.36. The van der Waals surface area contributed by atoms with Crippen molar-refractivity contribution in [2.45, 2.75) is 26.2 Å². The number of aromatic nitrogens is 1. The molecule has 1 aromatic heterocycles. The first-order valence-corrected chi connectivity index (χ1v) is 10.8. The second-order valence-electron chi connectivity index (χ2n) is 7.75. The normalized spacial score (nSPS) is 15.2. The number of thiazole rings is 1. The summed E-state index contributed by atoms with van der Waals surface area (Å²) >= 11 is 1.39. The van der Waals surface area contributed by atoms with Gasteiger partial charge in [-0.25, -0.2) is 9.37 Å². The van der Waals surface area contributed by atoms with Crippen molar-refractivity contribution < 1.29 is 14.0 Å². The Bertz CT molecular complexity index is 1170. The van der Waals surface area contributed by atoms with E-state index in [0.29, 0.717) is 5.13 Å². The molecule has 0 atom stereocenters.